The van der Waals surface area contributed by atoms with E-state index in [1.807, 2.05) is 12.1 Å². The molecule has 0 aromatic heterocycles. The summed E-state index contributed by atoms with van der Waals surface area (Å²) in [6.07, 6.45) is 2.47. The molecule has 0 saturated heterocycles. The molecule has 70 valence electrons. The van der Waals surface area contributed by atoms with Crippen LogP contribution in [0.4, 0.5) is 0 Å². The van der Waals surface area contributed by atoms with E-state index in [1.165, 1.54) is 18.3 Å². The summed E-state index contributed by atoms with van der Waals surface area (Å²) in [5.74, 6) is 1.14. The molecule has 0 heterocycles. The van der Waals surface area contributed by atoms with Gasteiger partial charge in [-0.05, 0) is 12.1 Å². The van der Waals surface area contributed by atoms with E-state index in [0.29, 0.717) is 5.75 Å². The minimum Gasteiger partial charge on any atom is -0.508 e. The van der Waals surface area contributed by atoms with E-state index in [0.717, 1.165) is 13.1 Å². The summed E-state index contributed by atoms with van der Waals surface area (Å²) in [6.45, 7) is 4.46. The Morgan fingerprint density at radius 2 is 1.69 bits per heavy atom. The normalized spacial score (nSPS) is 10.4. The van der Waals surface area contributed by atoms with Crippen LogP contribution in [0.1, 0.15) is 26.7 Å². The molecule has 0 fully saturated rings. The SMILES string of the molecule is CCC(Bc1ccc(O)cc1)CC. The van der Waals surface area contributed by atoms with Crippen LogP contribution >= 0.6 is 0 Å². The maximum atomic E-state index is 9.11. The van der Waals surface area contributed by atoms with E-state index in [2.05, 4.69) is 13.8 Å². The molecule has 1 N–H and O–H groups in total. The first-order chi connectivity index (χ1) is 6.26. The van der Waals surface area contributed by atoms with Crippen LogP contribution < -0.4 is 5.46 Å². The van der Waals surface area contributed by atoms with E-state index >= 15 is 0 Å². The highest BCUT2D eigenvalue weighted by atomic mass is 16.3. The summed E-state index contributed by atoms with van der Waals surface area (Å²) in [5, 5.41) is 9.11. The van der Waals surface area contributed by atoms with Crippen molar-refractivity contribution in [2.45, 2.75) is 32.5 Å². The lowest BCUT2D eigenvalue weighted by molar-refractivity contribution is 0.475. The van der Waals surface area contributed by atoms with E-state index in [-0.39, 0.29) is 0 Å². The largest absolute Gasteiger partial charge is 0.508 e. The Bertz CT molecular complexity index is 239. The fourth-order valence-corrected chi connectivity index (χ4v) is 1.54. The minimum absolute atomic E-state index is 0.355. The summed E-state index contributed by atoms with van der Waals surface area (Å²) in [4.78, 5) is 0. The van der Waals surface area contributed by atoms with Crippen molar-refractivity contribution >= 4 is 12.7 Å². The lowest BCUT2D eigenvalue weighted by Crippen LogP contribution is -2.18. The van der Waals surface area contributed by atoms with E-state index < -0.39 is 0 Å². The van der Waals surface area contributed by atoms with Gasteiger partial charge in [0.15, 0.2) is 7.28 Å². The molecule has 1 aromatic rings. The number of phenolic OH excluding ortho intramolecular Hbond substituents is 1. The van der Waals surface area contributed by atoms with Crippen LogP contribution in [0.5, 0.6) is 5.75 Å². The lowest BCUT2D eigenvalue weighted by Gasteiger charge is -2.09. The molecular formula is C11H17BO. The van der Waals surface area contributed by atoms with Gasteiger partial charge in [-0.25, -0.2) is 0 Å². The number of rotatable bonds is 4. The second-order valence-electron chi connectivity index (χ2n) is 3.55. The Labute approximate surface area is 81.0 Å². The number of phenols is 1. The van der Waals surface area contributed by atoms with Crippen molar-refractivity contribution in [3.05, 3.63) is 24.3 Å². The van der Waals surface area contributed by atoms with Gasteiger partial charge < -0.3 is 5.11 Å². The van der Waals surface area contributed by atoms with E-state index in [4.69, 9.17) is 5.11 Å². The maximum Gasteiger partial charge on any atom is 0.160 e. The monoisotopic (exact) mass is 176 g/mol. The molecule has 0 atom stereocenters. The molecule has 0 amide bonds. The van der Waals surface area contributed by atoms with Crippen LogP contribution in [-0.2, 0) is 0 Å². The molecule has 0 bridgehead atoms. The Kier molecular flexibility index (Phi) is 3.87. The molecule has 0 unspecified atom stereocenters. The third-order valence-corrected chi connectivity index (χ3v) is 2.62. The van der Waals surface area contributed by atoms with Crippen LogP contribution in [-0.4, -0.2) is 12.4 Å². The summed E-state index contributed by atoms with van der Waals surface area (Å²) < 4.78 is 0. The molecule has 0 aliphatic carbocycles. The fourth-order valence-electron chi connectivity index (χ4n) is 1.54. The predicted molar refractivity (Wildman–Crippen MR) is 59.2 cm³/mol. The molecule has 2 heteroatoms. The molecule has 0 spiro atoms. The first-order valence-electron chi connectivity index (χ1n) is 5.04. The summed E-state index contributed by atoms with van der Waals surface area (Å²) in [5.41, 5.74) is 1.33. The minimum atomic E-state index is 0.355. The smallest absolute Gasteiger partial charge is 0.160 e. The molecule has 0 saturated carbocycles. The highest BCUT2D eigenvalue weighted by molar-refractivity contribution is 6.54. The van der Waals surface area contributed by atoms with Crippen molar-refractivity contribution in [1.29, 1.82) is 0 Å². The fraction of sp³-hybridized carbons (Fsp3) is 0.455. The van der Waals surface area contributed by atoms with Gasteiger partial charge >= 0.3 is 0 Å². The Morgan fingerprint density at radius 3 is 2.15 bits per heavy atom. The second kappa shape index (κ2) is 4.95. The highest BCUT2D eigenvalue weighted by Crippen LogP contribution is 2.13. The van der Waals surface area contributed by atoms with Gasteiger partial charge in [0, 0.05) is 0 Å². The van der Waals surface area contributed by atoms with Crippen molar-refractivity contribution in [3.63, 3.8) is 0 Å². The van der Waals surface area contributed by atoms with Gasteiger partial charge in [-0.15, -0.1) is 0 Å². The van der Waals surface area contributed by atoms with Gasteiger partial charge in [-0.2, -0.15) is 0 Å². The molecule has 1 rings (SSSR count). The van der Waals surface area contributed by atoms with Crippen LogP contribution in [0, 0.1) is 0 Å². The number of benzene rings is 1. The predicted octanol–water partition coefficient (Wildman–Crippen LogP) is 2.06. The Balaban J connectivity index is 2.58. The van der Waals surface area contributed by atoms with E-state index in [1.54, 1.807) is 12.1 Å². The van der Waals surface area contributed by atoms with Gasteiger partial charge in [-0.3, -0.25) is 0 Å². The zero-order chi connectivity index (χ0) is 9.68. The third kappa shape index (κ3) is 3.13. The molecule has 13 heavy (non-hydrogen) atoms. The average molecular weight is 176 g/mol. The second-order valence-corrected chi connectivity index (χ2v) is 3.55. The average Bonchev–Trinajstić information content (AvgIpc) is 2.17. The van der Waals surface area contributed by atoms with Gasteiger partial charge in [-0.1, -0.05) is 50.1 Å². The Morgan fingerprint density at radius 1 is 1.15 bits per heavy atom. The third-order valence-electron chi connectivity index (χ3n) is 2.62. The first kappa shape index (κ1) is 10.2. The summed E-state index contributed by atoms with van der Waals surface area (Å²) in [6, 6.07) is 7.54. The van der Waals surface area contributed by atoms with Crippen molar-refractivity contribution in [2.75, 3.05) is 0 Å². The highest BCUT2D eigenvalue weighted by Gasteiger charge is 2.06. The molecule has 1 nitrogen and oxygen atoms in total. The van der Waals surface area contributed by atoms with Gasteiger partial charge in [0.25, 0.3) is 0 Å². The van der Waals surface area contributed by atoms with Crippen LogP contribution in [0.25, 0.3) is 0 Å². The first-order valence-corrected chi connectivity index (χ1v) is 5.04. The molecule has 0 aliphatic rings. The summed E-state index contributed by atoms with van der Waals surface area (Å²) in [7, 11) is 1.13. The van der Waals surface area contributed by atoms with E-state index in [9.17, 15) is 0 Å². The standard InChI is InChI=1S/C11H17BO/c1-3-9(4-2)12-10-5-7-11(13)8-6-10/h5-9,12-13H,3-4H2,1-2H3. The van der Waals surface area contributed by atoms with Gasteiger partial charge in [0.1, 0.15) is 5.75 Å². The zero-order valence-electron chi connectivity index (χ0n) is 8.46. The molecule has 0 aliphatic heterocycles. The van der Waals surface area contributed by atoms with Crippen LogP contribution in [0.3, 0.4) is 0 Å². The molecular weight excluding hydrogens is 159 g/mol. The molecule has 0 radical (unpaired) electrons. The van der Waals surface area contributed by atoms with Crippen LogP contribution in [0.15, 0.2) is 24.3 Å². The quantitative estimate of drug-likeness (QED) is 0.696. The maximum absolute atomic E-state index is 9.11. The van der Waals surface area contributed by atoms with Crippen molar-refractivity contribution < 1.29 is 5.11 Å². The van der Waals surface area contributed by atoms with Crippen molar-refractivity contribution in [1.82, 2.24) is 0 Å². The number of hydrogen-bond donors (Lipinski definition) is 1. The zero-order valence-corrected chi connectivity index (χ0v) is 8.46. The summed E-state index contributed by atoms with van der Waals surface area (Å²) >= 11 is 0. The van der Waals surface area contributed by atoms with Gasteiger partial charge in [0.05, 0.1) is 0 Å². The number of aromatic hydroxyl groups is 1. The number of hydrogen-bond acceptors (Lipinski definition) is 1. The van der Waals surface area contributed by atoms with Gasteiger partial charge in [0.2, 0.25) is 0 Å². The van der Waals surface area contributed by atoms with Crippen LogP contribution in [0.2, 0.25) is 5.82 Å². The van der Waals surface area contributed by atoms with Crippen molar-refractivity contribution in [3.8, 4) is 5.75 Å². The van der Waals surface area contributed by atoms with Crippen molar-refractivity contribution in [2.24, 2.45) is 0 Å². The topological polar surface area (TPSA) is 20.2 Å². The Hall–Kier alpha value is -0.915. The lowest BCUT2D eigenvalue weighted by atomic mass is 9.57. The molecule has 1 aromatic carbocycles.